The third-order valence-corrected chi connectivity index (χ3v) is 2.47. The Morgan fingerprint density at radius 3 is 2.05 bits per heavy atom. The number of nitrogens with two attached hydrogens (primary N) is 2. The van der Waals surface area contributed by atoms with Crippen molar-refractivity contribution in [1.29, 1.82) is 0 Å². The van der Waals surface area contributed by atoms with Crippen molar-refractivity contribution in [3.05, 3.63) is 65.7 Å². The molecule has 0 saturated carbocycles. The molecule has 22 heavy (non-hydrogen) atoms. The molecule has 0 aliphatic rings. The molecule has 6 nitrogen and oxygen atoms in total. The van der Waals surface area contributed by atoms with Gasteiger partial charge >= 0.3 is 5.97 Å². The highest BCUT2D eigenvalue weighted by atomic mass is 16.5. The van der Waals surface area contributed by atoms with Crippen LogP contribution in [-0.4, -0.2) is 17.8 Å². The lowest BCUT2D eigenvalue weighted by atomic mass is 10.2. The topological polar surface area (TPSA) is 118 Å². The molecule has 0 fully saturated rings. The first kappa shape index (κ1) is 16.9. The minimum Gasteiger partial charge on any atom is -0.545 e. The molecule has 6 heteroatoms. The fourth-order valence-corrected chi connectivity index (χ4v) is 1.51. The Balaban J connectivity index is 0.000000235. The van der Waals surface area contributed by atoms with Crippen molar-refractivity contribution in [2.45, 2.75) is 6.92 Å². The fourth-order valence-electron chi connectivity index (χ4n) is 1.51. The summed E-state index contributed by atoms with van der Waals surface area (Å²) in [5.41, 5.74) is 6.07. The van der Waals surface area contributed by atoms with E-state index in [9.17, 15) is 14.7 Å². The van der Waals surface area contributed by atoms with E-state index in [1.165, 1.54) is 25.1 Å². The van der Waals surface area contributed by atoms with Crippen LogP contribution in [0.25, 0.3) is 0 Å². The second-order valence-corrected chi connectivity index (χ2v) is 4.20. The summed E-state index contributed by atoms with van der Waals surface area (Å²) in [6.45, 7) is 1.20. The second-order valence-electron chi connectivity index (χ2n) is 4.20. The fraction of sp³-hybridized carbons (Fsp3) is 0.0625. The number of hydrogen-bond acceptors (Lipinski definition) is 4. The predicted molar refractivity (Wildman–Crippen MR) is 78.7 cm³/mol. The van der Waals surface area contributed by atoms with E-state index in [1.54, 1.807) is 6.07 Å². The first-order valence-corrected chi connectivity index (χ1v) is 6.34. The molecule has 0 aliphatic carbocycles. The van der Waals surface area contributed by atoms with Gasteiger partial charge in [0.15, 0.2) is 0 Å². The zero-order chi connectivity index (χ0) is 16.5. The molecule has 0 aromatic heterocycles. The standard InChI is InChI=1S/C9H8O4.C7H8N2/c1-6(10)13-8-5-3-2-4-7(8)9(11)12;8-7(9)6-4-2-1-3-5-6/h2-5H,1H3,(H,11,12);1-5H,(H3,8,9). The van der Waals surface area contributed by atoms with Crippen molar-refractivity contribution in [3.8, 4) is 5.75 Å². The van der Waals surface area contributed by atoms with Gasteiger partial charge in [0.1, 0.15) is 5.75 Å². The van der Waals surface area contributed by atoms with Crippen LogP contribution in [0, 0.1) is 0 Å². The molecule has 0 saturated heterocycles. The van der Waals surface area contributed by atoms with Gasteiger partial charge in [-0.15, -0.1) is 0 Å². The number of ether oxygens (including phenoxy) is 1. The van der Waals surface area contributed by atoms with Crippen molar-refractivity contribution in [2.24, 2.45) is 5.73 Å². The maximum Gasteiger partial charge on any atom is 0.308 e. The lowest BCUT2D eigenvalue weighted by molar-refractivity contribution is -0.255. The lowest BCUT2D eigenvalue weighted by Gasteiger charge is -2.08. The molecule has 2 aromatic rings. The zero-order valence-corrected chi connectivity index (χ0v) is 12.0. The van der Waals surface area contributed by atoms with E-state index in [0.717, 1.165) is 5.56 Å². The van der Waals surface area contributed by atoms with E-state index in [4.69, 9.17) is 11.1 Å². The summed E-state index contributed by atoms with van der Waals surface area (Å²) in [4.78, 5) is 21.1. The van der Waals surface area contributed by atoms with Crippen molar-refractivity contribution in [3.63, 3.8) is 0 Å². The van der Waals surface area contributed by atoms with Gasteiger partial charge in [0, 0.05) is 12.5 Å². The molecule has 0 heterocycles. The molecule has 2 rings (SSSR count). The third-order valence-electron chi connectivity index (χ3n) is 2.47. The number of esters is 1. The number of carboxylic acids is 1. The van der Waals surface area contributed by atoms with Crippen molar-refractivity contribution in [1.82, 2.24) is 0 Å². The molecule has 0 aliphatic heterocycles. The highest BCUT2D eigenvalue weighted by Gasteiger charge is 2.05. The zero-order valence-electron chi connectivity index (χ0n) is 12.0. The van der Waals surface area contributed by atoms with E-state index in [-0.39, 0.29) is 11.3 Å². The summed E-state index contributed by atoms with van der Waals surface area (Å²) in [5, 5.41) is 15.8. The van der Waals surface area contributed by atoms with Gasteiger partial charge in [0.25, 0.3) is 5.84 Å². The highest BCUT2D eigenvalue weighted by molar-refractivity contribution is 5.92. The van der Waals surface area contributed by atoms with Crippen molar-refractivity contribution < 1.29 is 24.8 Å². The monoisotopic (exact) mass is 300 g/mol. The SMILES string of the molecule is CC(=O)Oc1ccccc1C(=O)[O-].NC(=[NH2+])c1ccccc1. The average molecular weight is 300 g/mol. The Labute approximate surface area is 127 Å². The first-order valence-electron chi connectivity index (χ1n) is 6.34. The molecule has 0 atom stereocenters. The van der Waals surface area contributed by atoms with Crippen LogP contribution in [0.15, 0.2) is 54.6 Å². The number of carbonyl (C=O) groups excluding carboxylic acids is 2. The Hall–Kier alpha value is -3.15. The summed E-state index contributed by atoms with van der Waals surface area (Å²) >= 11 is 0. The number of aromatic carboxylic acids is 1. The molecule has 4 N–H and O–H groups in total. The van der Waals surface area contributed by atoms with Crippen LogP contribution in [0.4, 0.5) is 0 Å². The smallest absolute Gasteiger partial charge is 0.308 e. The number of hydrogen-bond donors (Lipinski definition) is 2. The molecule has 114 valence electrons. The Morgan fingerprint density at radius 2 is 1.59 bits per heavy atom. The van der Waals surface area contributed by atoms with Crippen LogP contribution >= 0.6 is 0 Å². The second kappa shape index (κ2) is 8.21. The number of para-hydroxylation sites is 1. The molecular weight excluding hydrogens is 284 g/mol. The lowest BCUT2D eigenvalue weighted by Crippen LogP contribution is -2.46. The molecular formula is C16H16N2O4. The number of rotatable bonds is 3. The minimum absolute atomic E-state index is 0.00926. The molecule has 2 aromatic carbocycles. The Kier molecular flexibility index (Phi) is 6.31. The summed E-state index contributed by atoms with van der Waals surface area (Å²) in [7, 11) is 0. The summed E-state index contributed by atoms with van der Waals surface area (Å²) in [6, 6.07) is 15.3. The molecule has 0 spiro atoms. The van der Waals surface area contributed by atoms with Crippen LogP contribution in [-0.2, 0) is 4.79 Å². The third kappa shape index (κ3) is 5.46. The Morgan fingerprint density at radius 1 is 1.05 bits per heavy atom. The molecule has 0 bridgehead atoms. The quantitative estimate of drug-likeness (QED) is 0.330. The molecule has 0 unspecified atom stereocenters. The van der Waals surface area contributed by atoms with Gasteiger partial charge in [-0.25, -0.2) is 0 Å². The minimum atomic E-state index is -1.36. The van der Waals surface area contributed by atoms with Gasteiger partial charge in [-0.05, 0) is 24.3 Å². The predicted octanol–water partition coefficient (Wildman–Crippen LogP) is -0.874. The Bertz CT molecular complexity index is 669. The number of carbonyl (C=O) groups is 2. The number of amidine groups is 1. The van der Waals surface area contributed by atoms with E-state index in [2.05, 4.69) is 4.74 Å². The van der Waals surface area contributed by atoms with Gasteiger partial charge < -0.3 is 14.6 Å². The summed E-state index contributed by atoms with van der Waals surface area (Å²) in [6.07, 6.45) is 0. The van der Waals surface area contributed by atoms with E-state index >= 15 is 0 Å². The van der Waals surface area contributed by atoms with Gasteiger partial charge in [0.2, 0.25) is 0 Å². The average Bonchev–Trinajstić information content (AvgIpc) is 2.48. The van der Waals surface area contributed by atoms with Crippen molar-refractivity contribution >= 4 is 17.8 Å². The van der Waals surface area contributed by atoms with Crippen LogP contribution < -0.4 is 21.0 Å². The van der Waals surface area contributed by atoms with E-state index in [0.29, 0.717) is 5.84 Å². The van der Waals surface area contributed by atoms with E-state index < -0.39 is 11.9 Å². The highest BCUT2D eigenvalue weighted by Crippen LogP contribution is 2.16. The largest absolute Gasteiger partial charge is 0.545 e. The van der Waals surface area contributed by atoms with Crippen molar-refractivity contribution in [2.75, 3.05) is 0 Å². The number of carboxylic acid groups (broad SMARTS) is 1. The molecule has 0 amide bonds. The van der Waals surface area contributed by atoms with Crippen LogP contribution in [0.5, 0.6) is 5.75 Å². The summed E-state index contributed by atoms with van der Waals surface area (Å²) < 4.78 is 4.65. The van der Waals surface area contributed by atoms with Crippen LogP contribution in [0.1, 0.15) is 22.8 Å². The normalized spacial score (nSPS) is 9.14. The molecule has 0 radical (unpaired) electrons. The van der Waals surface area contributed by atoms with Gasteiger partial charge in [-0.1, -0.05) is 30.3 Å². The van der Waals surface area contributed by atoms with Crippen LogP contribution in [0.2, 0.25) is 0 Å². The number of benzene rings is 2. The van der Waals surface area contributed by atoms with Gasteiger partial charge in [0.05, 0.1) is 11.5 Å². The van der Waals surface area contributed by atoms with Gasteiger partial charge in [-0.2, -0.15) is 0 Å². The summed E-state index contributed by atoms with van der Waals surface area (Å²) in [5.74, 6) is -1.55. The van der Waals surface area contributed by atoms with E-state index in [1.807, 2.05) is 30.3 Å². The maximum absolute atomic E-state index is 10.6. The van der Waals surface area contributed by atoms with Crippen LogP contribution in [0.3, 0.4) is 0 Å². The first-order chi connectivity index (χ1) is 10.4. The maximum atomic E-state index is 10.6. The van der Waals surface area contributed by atoms with Gasteiger partial charge in [-0.3, -0.25) is 15.9 Å².